The minimum Gasteiger partial charge on any atom is -0.480 e. The Morgan fingerprint density at radius 1 is 1.00 bits per heavy atom. The lowest BCUT2D eigenvalue weighted by Gasteiger charge is -2.31. The van der Waals surface area contributed by atoms with E-state index in [1.807, 2.05) is 33.9 Å². The zero-order valence-electron chi connectivity index (χ0n) is 18.3. The van der Waals surface area contributed by atoms with E-state index in [1.165, 1.54) is 0 Å². The van der Waals surface area contributed by atoms with Crippen LogP contribution in [0.3, 0.4) is 0 Å². The van der Waals surface area contributed by atoms with Gasteiger partial charge in [0, 0.05) is 6.42 Å². The fourth-order valence-corrected chi connectivity index (χ4v) is 3.23. The highest BCUT2D eigenvalue weighted by Crippen LogP contribution is 2.37. The molecular formula is C21H25F6NO3Si. The van der Waals surface area contributed by atoms with Crippen LogP contribution < -0.4 is 5.32 Å². The van der Waals surface area contributed by atoms with Crippen LogP contribution in [0.5, 0.6) is 0 Å². The van der Waals surface area contributed by atoms with E-state index in [0.29, 0.717) is 12.1 Å². The number of carboxylic acid groups (broad SMARTS) is 1. The number of carboxylic acids is 1. The van der Waals surface area contributed by atoms with Crippen LogP contribution >= 0.6 is 0 Å². The number of hydrogen-bond donors (Lipinski definition) is 2. The summed E-state index contributed by atoms with van der Waals surface area (Å²) in [5.41, 5.74) is -0.563. The summed E-state index contributed by atoms with van der Waals surface area (Å²) in [5, 5.41) is 11.3. The van der Waals surface area contributed by atoms with Gasteiger partial charge in [-0.15, -0.1) is 11.5 Å². The number of rotatable bonds is 5. The normalized spacial score (nSPS) is 13.7. The second kappa shape index (κ2) is 9.56. The molecule has 11 heteroatoms. The van der Waals surface area contributed by atoms with Gasteiger partial charge >= 0.3 is 18.3 Å². The summed E-state index contributed by atoms with van der Waals surface area (Å²) in [6.07, 6.45) is -11.2. The Labute approximate surface area is 183 Å². The van der Waals surface area contributed by atoms with Gasteiger partial charge in [-0.05, 0) is 28.8 Å². The van der Waals surface area contributed by atoms with Gasteiger partial charge in [-0.1, -0.05) is 33.9 Å². The third-order valence-electron chi connectivity index (χ3n) is 5.23. The molecule has 0 spiro atoms. The first-order valence-electron chi connectivity index (χ1n) is 9.54. The van der Waals surface area contributed by atoms with E-state index in [4.69, 9.17) is 0 Å². The molecule has 178 valence electrons. The van der Waals surface area contributed by atoms with Crippen LogP contribution in [0.1, 0.15) is 43.9 Å². The molecule has 0 aliphatic rings. The topological polar surface area (TPSA) is 66.4 Å². The molecular weight excluding hydrogens is 456 g/mol. The largest absolute Gasteiger partial charge is 0.480 e. The van der Waals surface area contributed by atoms with Crippen molar-refractivity contribution in [2.75, 3.05) is 0 Å². The molecule has 2 N–H and O–H groups in total. The summed E-state index contributed by atoms with van der Waals surface area (Å²) >= 11 is 0. The zero-order chi connectivity index (χ0) is 25.1. The third kappa shape index (κ3) is 7.89. The molecule has 4 nitrogen and oxygen atoms in total. The van der Waals surface area contributed by atoms with Crippen molar-refractivity contribution < 1.29 is 41.0 Å². The molecule has 0 heterocycles. The minimum absolute atomic E-state index is 0.0437. The quantitative estimate of drug-likeness (QED) is 0.342. The molecule has 0 unspecified atom stereocenters. The summed E-state index contributed by atoms with van der Waals surface area (Å²) in [4.78, 5) is 23.6. The SMILES string of the molecule is CC(C)(C)[Si](C)(C)C#CC[C@H](NC(=O)Cc1cc(C(F)(F)F)cc(C(F)(F)F)c1)C(=O)O. The van der Waals surface area contributed by atoms with Crippen LogP contribution in [0.15, 0.2) is 18.2 Å². The predicted molar refractivity (Wildman–Crippen MR) is 109 cm³/mol. The first kappa shape index (κ1) is 27.6. The van der Waals surface area contributed by atoms with Gasteiger partial charge in [0.05, 0.1) is 17.5 Å². The van der Waals surface area contributed by atoms with E-state index in [2.05, 4.69) is 16.8 Å². The smallest absolute Gasteiger partial charge is 0.416 e. The molecule has 0 saturated carbocycles. The fourth-order valence-electron chi connectivity index (χ4n) is 2.31. The number of amides is 1. The number of carbonyl (C=O) groups is 2. The lowest BCUT2D eigenvalue weighted by Crippen LogP contribution is -2.41. The summed E-state index contributed by atoms with van der Waals surface area (Å²) in [5.74, 6) is 0.317. The molecule has 0 saturated heterocycles. The molecule has 1 atom stereocenters. The highest BCUT2D eigenvalue weighted by Gasteiger charge is 2.37. The maximum Gasteiger partial charge on any atom is 0.416 e. The van der Waals surface area contributed by atoms with Crippen molar-refractivity contribution in [3.8, 4) is 11.5 Å². The number of benzene rings is 1. The van der Waals surface area contributed by atoms with Crippen LogP contribution in [0.2, 0.25) is 18.1 Å². The maximum atomic E-state index is 13.0. The molecule has 0 bridgehead atoms. The highest BCUT2D eigenvalue weighted by atomic mass is 28.3. The van der Waals surface area contributed by atoms with E-state index in [1.54, 1.807) is 0 Å². The van der Waals surface area contributed by atoms with Crippen molar-refractivity contribution in [3.63, 3.8) is 0 Å². The molecule has 0 aliphatic heterocycles. The lowest BCUT2D eigenvalue weighted by atomic mass is 10.0. The van der Waals surface area contributed by atoms with Crippen LogP contribution in [0.25, 0.3) is 0 Å². The first-order chi connectivity index (χ1) is 14.2. The summed E-state index contributed by atoms with van der Waals surface area (Å²) in [6.45, 7) is 10.0. The average Bonchev–Trinajstić information content (AvgIpc) is 2.57. The van der Waals surface area contributed by atoms with Crippen molar-refractivity contribution in [1.29, 1.82) is 0 Å². The number of hydrogen-bond acceptors (Lipinski definition) is 2. The van der Waals surface area contributed by atoms with Gasteiger partial charge in [-0.3, -0.25) is 4.79 Å². The van der Waals surface area contributed by atoms with Crippen molar-refractivity contribution in [3.05, 3.63) is 34.9 Å². The van der Waals surface area contributed by atoms with Crippen molar-refractivity contribution in [2.45, 2.75) is 70.1 Å². The molecule has 1 rings (SSSR count). The van der Waals surface area contributed by atoms with E-state index in [0.717, 1.165) is 0 Å². The number of aliphatic carboxylic acids is 1. The molecule has 0 aliphatic carbocycles. The van der Waals surface area contributed by atoms with Gasteiger partial charge in [-0.2, -0.15) is 26.3 Å². The summed E-state index contributed by atoms with van der Waals surface area (Å²) in [7, 11) is -2.04. The minimum atomic E-state index is -5.05. The summed E-state index contributed by atoms with van der Waals surface area (Å²) in [6, 6.07) is -0.630. The van der Waals surface area contributed by atoms with E-state index in [9.17, 15) is 41.0 Å². The Kier molecular flexibility index (Phi) is 8.23. The Hall–Kier alpha value is -2.48. The lowest BCUT2D eigenvalue weighted by molar-refractivity contribution is -0.143. The Bertz CT molecular complexity index is 888. The highest BCUT2D eigenvalue weighted by molar-refractivity contribution is 6.87. The van der Waals surface area contributed by atoms with Crippen LogP contribution in [0.4, 0.5) is 26.3 Å². The van der Waals surface area contributed by atoms with Crippen molar-refractivity contribution in [2.24, 2.45) is 0 Å². The van der Waals surface area contributed by atoms with Gasteiger partial charge < -0.3 is 10.4 Å². The number of halogens is 6. The number of nitrogens with one attached hydrogen (secondary N) is 1. The zero-order valence-corrected chi connectivity index (χ0v) is 19.3. The maximum absolute atomic E-state index is 13.0. The molecule has 1 aromatic rings. The Morgan fingerprint density at radius 3 is 1.84 bits per heavy atom. The standard InChI is InChI=1S/C21H25F6NO3Si/c1-19(2,3)32(4,5)8-6-7-16(18(30)31)28-17(29)11-13-9-14(20(22,23)24)12-15(10-13)21(25,26)27/h9-10,12,16H,7,11H2,1-5H3,(H,28,29)(H,30,31)/t16-/m0/s1. The van der Waals surface area contributed by atoms with Gasteiger partial charge in [0.25, 0.3) is 0 Å². The third-order valence-corrected chi connectivity index (χ3v) is 9.78. The van der Waals surface area contributed by atoms with Gasteiger partial charge in [-0.25, -0.2) is 4.79 Å². The monoisotopic (exact) mass is 481 g/mol. The summed E-state index contributed by atoms with van der Waals surface area (Å²) < 4.78 is 77.7. The number of carbonyl (C=O) groups excluding carboxylic acids is 1. The van der Waals surface area contributed by atoms with Crippen molar-refractivity contribution >= 4 is 20.0 Å². The van der Waals surface area contributed by atoms with E-state index >= 15 is 0 Å². The fraction of sp³-hybridized carbons (Fsp3) is 0.524. The molecule has 0 fully saturated rings. The molecule has 1 aromatic carbocycles. The predicted octanol–water partition coefficient (Wildman–Crippen LogP) is 5.28. The second-order valence-corrected chi connectivity index (χ2v) is 13.9. The molecule has 1 amide bonds. The number of alkyl halides is 6. The van der Waals surface area contributed by atoms with E-state index in [-0.39, 0.29) is 17.5 Å². The Morgan fingerprint density at radius 2 is 1.47 bits per heavy atom. The van der Waals surface area contributed by atoms with Gasteiger partial charge in [0.15, 0.2) is 0 Å². The van der Waals surface area contributed by atoms with Gasteiger partial charge in [0.2, 0.25) is 5.91 Å². The van der Waals surface area contributed by atoms with Crippen molar-refractivity contribution in [1.82, 2.24) is 5.32 Å². The van der Waals surface area contributed by atoms with Crippen LogP contribution in [-0.4, -0.2) is 31.1 Å². The van der Waals surface area contributed by atoms with E-state index < -0.39 is 61.5 Å². The molecule has 0 aromatic heterocycles. The van der Waals surface area contributed by atoms with Crippen LogP contribution in [0, 0.1) is 11.5 Å². The Balaban J connectivity index is 3.05. The van der Waals surface area contributed by atoms with Gasteiger partial charge in [0.1, 0.15) is 14.1 Å². The molecule has 32 heavy (non-hydrogen) atoms. The van der Waals surface area contributed by atoms with Crippen LogP contribution in [-0.2, 0) is 28.4 Å². The molecule has 0 radical (unpaired) electrons. The first-order valence-corrected chi connectivity index (χ1v) is 12.5. The average molecular weight is 482 g/mol. The second-order valence-electron chi connectivity index (χ2n) is 8.93.